The van der Waals surface area contributed by atoms with Gasteiger partial charge in [-0.05, 0) is 12.1 Å². The van der Waals surface area contributed by atoms with Crippen molar-refractivity contribution in [1.82, 2.24) is 0 Å². The SMILES string of the molecule is C=C[C@@H](N)c1cc(Br)cc(Cl)c1O. The van der Waals surface area contributed by atoms with E-state index in [1.165, 1.54) is 6.08 Å². The van der Waals surface area contributed by atoms with E-state index in [0.29, 0.717) is 5.56 Å². The van der Waals surface area contributed by atoms with E-state index in [4.69, 9.17) is 17.3 Å². The number of hydrogen-bond donors (Lipinski definition) is 2. The van der Waals surface area contributed by atoms with Crippen molar-refractivity contribution >= 4 is 27.5 Å². The van der Waals surface area contributed by atoms with Crippen molar-refractivity contribution in [1.29, 1.82) is 0 Å². The molecule has 0 aliphatic rings. The van der Waals surface area contributed by atoms with Crippen molar-refractivity contribution < 1.29 is 5.11 Å². The van der Waals surface area contributed by atoms with E-state index in [1.807, 2.05) is 0 Å². The molecule has 0 aliphatic carbocycles. The molecule has 0 spiro atoms. The van der Waals surface area contributed by atoms with Crippen LogP contribution in [0.1, 0.15) is 11.6 Å². The highest BCUT2D eigenvalue weighted by molar-refractivity contribution is 9.10. The molecule has 4 heteroatoms. The summed E-state index contributed by atoms with van der Waals surface area (Å²) in [6, 6.07) is 2.92. The number of aromatic hydroxyl groups is 1. The molecule has 2 nitrogen and oxygen atoms in total. The molecule has 1 rings (SSSR count). The molecule has 13 heavy (non-hydrogen) atoms. The fraction of sp³-hybridized carbons (Fsp3) is 0.111. The lowest BCUT2D eigenvalue weighted by Crippen LogP contribution is -2.06. The zero-order valence-corrected chi connectivity index (χ0v) is 9.14. The van der Waals surface area contributed by atoms with E-state index < -0.39 is 6.04 Å². The molecule has 0 saturated heterocycles. The molecule has 0 unspecified atom stereocenters. The predicted octanol–water partition coefficient (Wildman–Crippen LogP) is 2.99. The maximum absolute atomic E-state index is 9.54. The van der Waals surface area contributed by atoms with Gasteiger partial charge in [-0.15, -0.1) is 6.58 Å². The lowest BCUT2D eigenvalue weighted by molar-refractivity contribution is 0.466. The van der Waals surface area contributed by atoms with Crippen LogP contribution in [0.25, 0.3) is 0 Å². The minimum Gasteiger partial charge on any atom is -0.506 e. The van der Waals surface area contributed by atoms with Gasteiger partial charge in [0.1, 0.15) is 5.75 Å². The largest absolute Gasteiger partial charge is 0.506 e. The molecule has 70 valence electrons. The zero-order valence-electron chi connectivity index (χ0n) is 6.80. The zero-order chi connectivity index (χ0) is 10.0. The lowest BCUT2D eigenvalue weighted by atomic mass is 10.1. The minimum atomic E-state index is -0.407. The van der Waals surface area contributed by atoms with Gasteiger partial charge in [-0.25, -0.2) is 0 Å². The molecular weight excluding hydrogens is 253 g/mol. The monoisotopic (exact) mass is 261 g/mol. The minimum absolute atomic E-state index is 0.0114. The second-order valence-electron chi connectivity index (χ2n) is 2.59. The molecule has 0 bridgehead atoms. The van der Waals surface area contributed by atoms with Gasteiger partial charge in [0.2, 0.25) is 0 Å². The van der Waals surface area contributed by atoms with Gasteiger partial charge in [-0.3, -0.25) is 0 Å². The summed E-state index contributed by atoms with van der Waals surface area (Å²) in [5, 5.41) is 9.82. The van der Waals surface area contributed by atoms with E-state index >= 15 is 0 Å². The third kappa shape index (κ3) is 2.24. The van der Waals surface area contributed by atoms with Crippen molar-refractivity contribution in [3.63, 3.8) is 0 Å². The summed E-state index contributed by atoms with van der Waals surface area (Å²) >= 11 is 9.01. The molecule has 0 radical (unpaired) electrons. The molecule has 0 heterocycles. The van der Waals surface area contributed by atoms with Gasteiger partial charge in [-0.1, -0.05) is 33.6 Å². The summed E-state index contributed by atoms with van der Waals surface area (Å²) in [6.45, 7) is 3.54. The number of nitrogens with two attached hydrogens (primary N) is 1. The fourth-order valence-electron chi connectivity index (χ4n) is 0.967. The van der Waals surface area contributed by atoms with E-state index in [9.17, 15) is 5.11 Å². The number of benzene rings is 1. The lowest BCUT2D eigenvalue weighted by Gasteiger charge is -2.10. The normalized spacial score (nSPS) is 12.5. The summed E-state index contributed by atoms with van der Waals surface area (Å²) in [5.41, 5.74) is 6.24. The van der Waals surface area contributed by atoms with E-state index in [0.717, 1.165) is 4.47 Å². The average molecular weight is 263 g/mol. The number of phenolic OH excluding ortho intramolecular Hbond substituents is 1. The van der Waals surface area contributed by atoms with Gasteiger partial charge in [0, 0.05) is 10.0 Å². The van der Waals surface area contributed by atoms with Gasteiger partial charge in [0.05, 0.1) is 11.1 Å². The Morgan fingerprint density at radius 3 is 2.77 bits per heavy atom. The highest BCUT2D eigenvalue weighted by Crippen LogP contribution is 2.34. The van der Waals surface area contributed by atoms with Crippen LogP contribution in [0.15, 0.2) is 29.3 Å². The van der Waals surface area contributed by atoms with Gasteiger partial charge >= 0.3 is 0 Å². The Morgan fingerprint density at radius 1 is 1.62 bits per heavy atom. The number of hydrogen-bond acceptors (Lipinski definition) is 2. The molecule has 1 atom stereocenters. The van der Waals surface area contributed by atoms with Gasteiger partial charge in [-0.2, -0.15) is 0 Å². The third-order valence-corrected chi connectivity index (χ3v) is 2.42. The van der Waals surface area contributed by atoms with Gasteiger partial charge in [0.15, 0.2) is 0 Å². The second kappa shape index (κ2) is 4.13. The predicted molar refractivity (Wildman–Crippen MR) is 57.9 cm³/mol. The third-order valence-electron chi connectivity index (χ3n) is 1.67. The molecular formula is C9H9BrClNO. The first-order valence-electron chi connectivity index (χ1n) is 3.62. The highest BCUT2D eigenvalue weighted by Gasteiger charge is 2.11. The van der Waals surface area contributed by atoms with Crippen LogP contribution in [-0.4, -0.2) is 5.11 Å². The Morgan fingerprint density at radius 2 is 2.23 bits per heavy atom. The number of phenols is 1. The molecule has 0 amide bonds. The van der Waals surface area contributed by atoms with Crippen LogP contribution in [0, 0.1) is 0 Å². The maximum atomic E-state index is 9.54. The Bertz CT molecular complexity index is 341. The first-order chi connectivity index (χ1) is 6.06. The van der Waals surface area contributed by atoms with E-state index in [2.05, 4.69) is 22.5 Å². The molecule has 1 aromatic carbocycles. The van der Waals surface area contributed by atoms with Crippen molar-refractivity contribution in [2.24, 2.45) is 5.73 Å². The topological polar surface area (TPSA) is 46.2 Å². The van der Waals surface area contributed by atoms with Crippen molar-refractivity contribution in [2.45, 2.75) is 6.04 Å². The molecule has 0 saturated carbocycles. The highest BCUT2D eigenvalue weighted by atomic mass is 79.9. The summed E-state index contributed by atoms with van der Waals surface area (Å²) in [4.78, 5) is 0. The Labute approximate surface area is 90.1 Å². The van der Waals surface area contributed by atoms with Crippen LogP contribution in [0.3, 0.4) is 0 Å². The first-order valence-corrected chi connectivity index (χ1v) is 4.79. The smallest absolute Gasteiger partial charge is 0.139 e. The number of rotatable bonds is 2. The molecule has 0 fully saturated rings. The second-order valence-corrected chi connectivity index (χ2v) is 3.91. The first kappa shape index (κ1) is 10.6. The van der Waals surface area contributed by atoms with Crippen molar-refractivity contribution in [2.75, 3.05) is 0 Å². The standard InChI is InChI=1S/C9H9BrClNO/c1-2-8(12)6-3-5(10)4-7(11)9(6)13/h2-4,8,13H,1,12H2/t8-/m1/s1. The molecule has 1 aromatic rings. The number of halogens is 2. The average Bonchev–Trinajstić information content (AvgIpc) is 2.10. The Hall–Kier alpha value is -0.510. The molecule has 0 aliphatic heterocycles. The fourth-order valence-corrected chi connectivity index (χ4v) is 1.80. The van der Waals surface area contributed by atoms with Crippen LogP contribution in [0.5, 0.6) is 5.75 Å². The van der Waals surface area contributed by atoms with Crippen LogP contribution in [0.2, 0.25) is 5.02 Å². The Kier molecular flexibility index (Phi) is 3.36. The van der Waals surface area contributed by atoms with E-state index in [1.54, 1.807) is 12.1 Å². The van der Waals surface area contributed by atoms with Crippen LogP contribution < -0.4 is 5.73 Å². The van der Waals surface area contributed by atoms with Gasteiger partial charge in [0.25, 0.3) is 0 Å². The quantitative estimate of drug-likeness (QED) is 0.805. The summed E-state index contributed by atoms with van der Waals surface area (Å²) < 4.78 is 0.780. The van der Waals surface area contributed by atoms with E-state index in [-0.39, 0.29) is 10.8 Å². The molecule has 0 aromatic heterocycles. The summed E-state index contributed by atoms with van der Waals surface area (Å²) in [7, 11) is 0. The van der Waals surface area contributed by atoms with Crippen molar-refractivity contribution in [3.8, 4) is 5.75 Å². The maximum Gasteiger partial charge on any atom is 0.139 e. The molecule has 3 N–H and O–H groups in total. The van der Waals surface area contributed by atoms with Crippen molar-refractivity contribution in [3.05, 3.63) is 39.8 Å². The van der Waals surface area contributed by atoms with Crippen LogP contribution in [-0.2, 0) is 0 Å². The Balaban J connectivity index is 3.27. The van der Waals surface area contributed by atoms with Crippen LogP contribution in [0.4, 0.5) is 0 Å². The summed E-state index contributed by atoms with van der Waals surface area (Å²) in [5.74, 6) is 0.0114. The van der Waals surface area contributed by atoms with Gasteiger partial charge < -0.3 is 10.8 Å². The van der Waals surface area contributed by atoms with Crippen LogP contribution >= 0.6 is 27.5 Å². The summed E-state index contributed by atoms with van der Waals surface area (Å²) in [6.07, 6.45) is 1.54.